The molecule has 0 bridgehead atoms. The normalized spacial score (nSPS) is 10.3. The van der Waals surface area contributed by atoms with Crippen LogP contribution in [0.25, 0.3) is 10.6 Å². The van der Waals surface area contributed by atoms with Crippen LogP contribution in [-0.2, 0) is 0 Å². The Bertz CT molecular complexity index is 429. The van der Waals surface area contributed by atoms with E-state index in [1.54, 1.807) is 12.4 Å². The summed E-state index contributed by atoms with van der Waals surface area (Å²) in [5.74, 6) is 0. The maximum Gasteiger partial charge on any atom is 0.171 e. The molecule has 0 aliphatic heterocycles. The highest BCUT2D eigenvalue weighted by Crippen LogP contribution is 2.26. The second kappa shape index (κ2) is 3.73. The first-order valence-corrected chi connectivity index (χ1v) is 5.45. The van der Waals surface area contributed by atoms with Crippen LogP contribution in [0.4, 0.5) is 0 Å². The van der Waals surface area contributed by atoms with Gasteiger partial charge in [0.1, 0.15) is 5.01 Å². The average molecular weight is 274 g/mol. The van der Waals surface area contributed by atoms with Crippen LogP contribution in [0.15, 0.2) is 27.3 Å². The van der Waals surface area contributed by atoms with Crippen molar-refractivity contribution >= 4 is 39.9 Å². The lowest BCUT2D eigenvalue weighted by atomic mass is 10.3. The minimum Gasteiger partial charge on any atom is -0.263 e. The number of hydrogen-bond donors (Lipinski definition) is 1. The lowest BCUT2D eigenvalue weighted by molar-refractivity contribution is 1.02. The van der Waals surface area contributed by atoms with Gasteiger partial charge >= 0.3 is 0 Å². The molecule has 0 atom stereocenters. The third kappa shape index (κ3) is 2.07. The summed E-state index contributed by atoms with van der Waals surface area (Å²) >= 11 is 8.87. The number of rotatable bonds is 1. The van der Waals surface area contributed by atoms with Crippen molar-refractivity contribution in [2.24, 2.45) is 0 Å². The molecule has 2 heterocycles. The number of halogens is 1. The molecule has 2 aromatic rings. The Balaban J connectivity index is 2.46. The summed E-state index contributed by atoms with van der Waals surface area (Å²) in [5.41, 5.74) is 0.951. The van der Waals surface area contributed by atoms with Crippen molar-refractivity contribution in [1.82, 2.24) is 15.2 Å². The molecular formula is C7H4BrN3S2. The molecule has 6 heteroatoms. The zero-order chi connectivity index (χ0) is 9.26. The molecule has 2 rings (SSSR count). The van der Waals surface area contributed by atoms with Gasteiger partial charge in [-0.3, -0.25) is 4.98 Å². The van der Waals surface area contributed by atoms with Crippen LogP contribution in [0, 0.1) is 0 Å². The number of aromatic nitrogens is 3. The maximum atomic E-state index is 4.09. The van der Waals surface area contributed by atoms with Crippen LogP contribution in [0.3, 0.4) is 0 Å². The number of thiol groups is 1. The molecule has 66 valence electrons. The van der Waals surface area contributed by atoms with Gasteiger partial charge in [0.05, 0.1) is 0 Å². The highest BCUT2D eigenvalue weighted by atomic mass is 79.9. The van der Waals surface area contributed by atoms with Crippen LogP contribution >= 0.6 is 39.9 Å². The lowest BCUT2D eigenvalue weighted by Crippen LogP contribution is -1.79. The zero-order valence-electron chi connectivity index (χ0n) is 6.31. The third-order valence-electron chi connectivity index (χ3n) is 1.37. The standard InChI is InChI=1S/C7H4BrN3S2/c8-5-1-4(2-9-3-5)6-10-11-7(12)13-6/h1-3H,(H,11,12). The topological polar surface area (TPSA) is 38.7 Å². The average Bonchev–Trinajstić information content (AvgIpc) is 2.52. The quantitative estimate of drug-likeness (QED) is 0.812. The first-order valence-electron chi connectivity index (χ1n) is 3.39. The Morgan fingerprint density at radius 1 is 1.31 bits per heavy atom. The lowest BCUT2D eigenvalue weighted by Gasteiger charge is -1.93. The fourth-order valence-corrected chi connectivity index (χ4v) is 2.10. The van der Waals surface area contributed by atoms with Crippen molar-refractivity contribution in [3.8, 4) is 10.6 Å². The number of hydrogen-bond acceptors (Lipinski definition) is 5. The highest BCUT2D eigenvalue weighted by Gasteiger charge is 2.04. The third-order valence-corrected chi connectivity index (χ3v) is 2.94. The maximum absolute atomic E-state index is 4.09. The van der Waals surface area contributed by atoms with Gasteiger partial charge in [-0.15, -0.1) is 22.8 Å². The molecule has 0 aliphatic carbocycles. The Labute approximate surface area is 92.8 Å². The minimum absolute atomic E-state index is 0.662. The molecule has 0 unspecified atom stereocenters. The SMILES string of the molecule is Sc1nnc(-c2cncc(Br)c2)s1. The van der Waals surface area contributed by atoms with E-state index in [0.717, 1.165) is 15.0 Å². The van der Waals surface area contributed by atoms with E-state index in [2.05, 4.69) is 43.7 Å². The van der Waals surface area contributed by atoms with E-state index in [9.17, 15) is 0 Å². The van der Waals surface area contributed by atoms with Gasteiger partial charge in [0.15, 0.2) is 4.34 Å². The van der Waals surface area contributed by atoms with Gasteiger partial charge in [-0.05, 0) is 22.0 Å². The summed E-state index contributed by atoms with van der Waals surface area (Å²) in [6.07, 6.45) is 3.48. The fourth-order valence-electron chi connectivity index (χ4n) is 0.861. The minimum atomic E-state index is 0.662. The van der Waals surface area contributed by atoms with E-state index in [4.69, 9.17) is 0 Å². The summed E-state index contributed by atoms with van der Waals surface area (Å²) in [4.78, 5) is 4.04. The number of pyridine rings is 1. The molecule has 0 spiro atoms. The van der Waals surface area contributed by atoms with E-state index in [1.807, 2.05) is 6.07 Å². The monoisotopic (exact) mass is 273 g/mol. The molecule has 0 aliphatic rings. The highest BCUT2D eigenvalue weighted by molar-refractivity contribution is 9.10. The summed E-state index contributed by atoms with van der Waals surface area (Å²) in [6.45, 7) is 0. The van der Waals surface area contributed by atoms with E-state index in [1.165, 1.54) is 11.3 Å². The van der Waals surface area contributed by atoms with E-state index < -0.39 is 0 Å². The molecule has 0 fully saturated rings. The van der Waals surface area contributed by atoms with Gasteiger partial charge in [-0.1, -0.05) is 11.3 Å². The first-order chi connectivity index (χ1) is 6.25. The van der Waals surface area contributed by atoms with Crippen molar-refractivity contribution in [2.45, 2.75) is 4.34 Å². The van der Waals surface area contributed by atoms with Crippen LogP contribution in [0.5, 0.6) is 0 Å². The van der Waals surface area contributed by atoms with Gasteiger partial charge < -0.3 is 0 Å². The summed E-state index contributed by atoms with van der Waals surface area (Å²) in [7, 11) is 0. The van der Waals surface area contributed by atoms with Crippen molar-refractivity contribution in [1.29, 1.82) is 0 Å². The summed E-state index contributed by atoms with van der Waals surface area (Å²) < 4.78 is 1.59. The van der Waals surface area contributed by atoms with Gasteiger partial charge in [0.25, 0.3) is 0 Å². The molecule has 0 saturated carbocycles. The number of nitrogens with zero attached hydrogens (tertiary/aromatic N) is 3. The van der Waals surface area contributed by atoms with E-state index in [-0.39, 0.29) is 0 Å². The molecule has 0 saturated heterocycles. The Hall–Kier alpha value is -0.460. The molecule has 0 radical (unpaired) electrons. The molecule has 3 nitrogen and oxygen atoms in total. The van der Waals surface area contributed by atoms with Gasteiger partial charge in [-0.2, -0.15) is 0 Å². The molecule has 0 amide bonds. The molecule has 0 N–H and O–H groups in total. The second-order valence-electron chi connectivity index (χ2n) is 2.28. The smallest absolute Gasteiger partial charge is 0.171 e. The zero-order valence-corrected chi connectivity index (χ0v) is 9.60. The van der Waals surface area contributed by atoms with Gasteiger partial charge in [-0.25, -0.2) is 0 Å². The summed E-state index contributed by atoms with van der Waals surface area (Å²) in [6, 6.07) is 1.95. The molecule has 2 aromatic heterocycles. The van der Waals surface area contributed by atoms with Crippen molar-refractivity contribution in [3.05, 3.63) is 22.9 Å². The van der Waals surface area contributed by atoms with E-state index >= 15 is 0 Å². The molecular weight excluding hydrogens is 270 g/mol. The molecule has 0 aromatic carbocycles. The fraction of sp³-hybridized carbons (Fsp3) is 0. The van der Waals surface area contributed by atoms with Gasteiger partial charge in [0, 0.05) is 22.4 Å². The van der Waals surface area contributed by atoms with Crippen LogP contribution < -0.4 is 0 Å². The molecule has 13 heavy (non-hydrogen) atoms. The van der Waals surface area contributed by atoms with Gasteiger partial charge in [0.2, 0.25) is 0 Å². The largest absolute Gasteiger partial charge is 0.263 e. The van der Waals surface area contributed by atoms with Crippen molar-refractivity contribution < 1.29 is 0 Å². The summed E-state index contributed by atoms with van der Waals surface area (Å²) in [5, 5.41) is 8.60. The van der Waals surface area contributed by atoms with Crippen molar-refractivity contribution in [3.63, 3.8) is 0 Å². The Kier molecular flexibility index (Phi) is 2.61. The van der Waals surface area contributed by atoms with Crippen LogP contribution in [0.1, 0.15) is 0 Å². The Morgan fingerprint density at radius 3 is 2.77 bits per heavy atom. The predicted molar refractivity (Wildman–Crippen MR) is 58.1 cm³/mol. The van der Waals surface area contributed by atoms with Crippen molar-refractivity contribution in [2.75, 3.05) is 0 Å². The van der Waals surface area contributed by atoms with E-state index in [0.29, 0.717) is 4.34 Å². The Morgan fingerprint density at radius 2 is 2.15 bits per heavy atom. The second-order valence-corrected chi connectivity index (χ2v) is 4.90. The van der Waals surface area contributed by atoms with Crippen LogP contribution in [-0.4, -0.2) is 15.2 Å². The predicted octanol–water partition coefficient (Wildman–Crippen LogP) is 2.65. The van der Waals surface area contributed by atoms with Crippen LogP contribution in [0.2, 0.25) is 0 Å². The first kappa shape index (κ1) is 9.11.